The van der Waals surface area contributed by atoms with Gasteiger partial charge >= 0.3 is 0 Å². The van der Waals surface area contributed by atoms with Gasteiger partial charge in [0.2, 0.25) is 0 Å². The summed E-state index contributed by atoms with van der Waals surface area (Å²) >= 11 is 11.6. The molecule has 4 nitrogen and oxygen atoms in total. The summed E-state index contributed by atoms with van der Waals surface area (Å²) in [7, 11) is 0. The topological polar surface area (TPSA) is 51.2 Å². The number of amides is 1. The average molecular weight is 297 g/mol. The van der Waals surface area contributed by atoms with Gasteiger partial charge in [-0.15, -0.1) is 0 Å². The van der Waals surface area contributed by atoms with Crippen LogP contribution in [0.1, 0.15) is 0 Å². The second kappa shape index (κ2) is 6.41. The van der Waals surface area contributed by atoms with Crippen molar-refractivity contribution in [2.45, 2.75) is 0 Å². The molecule has 0 atom stereocenters. The predicted octanol–water partition coefficient (Wildman–Crippen LogP) is 3.41. The maximum Gasteiger partial charge on any atom is 0.262 e. The summed E-state index contributed by atoms with van der Waals surface area (Å²) in [6, 6.07) is 8.34. The van der Waals surface area contributed by atoms with E-state index in [2.05, 4.69) is 10.3 Å². The molecule has 0 unspecified atom stereocenters. The van der Waals surface area contributed by atoms with Crippen LogP contribution in [0.25, 0.3) is 0 Å². The molecule has 98 valence electrons. The van der Waals surface area contributed by atoms with E-state index >= 15 is 0 Å². The fourth-order valence-electron chi connectivity index (χ4n) is 1.34. The number of hydrogen-bond acceptors (Lipinski definition) is 3. The van der Waals surface area contributed by atoms with Crippen molar-refractivity contribution >= 4 is 34.8 Å². The molecule has 0 aliphatic rings. The van der Waals surface area contributed by atoms with Gasteiger partial charge in [-0.05, 0) is 30.3 Å². The number of anilines is 1. The Bertz CT molecular complexity index is 573. The van der Waals surface area contributed by atoms with Crippen LogP contribution in [-0.2, 0) is 4.79 Å². The van der Waals surface area contributed by atoms with E-state index in [4.69, 9.17) is 27.9 Å². The molecule has 0 radical (unpaired) electrons. The van der Waals surface area contributed by atoms with Crippen molar-refractivity contribution in [1.29, 1.82) is 0 Å². The molecular weight excluding hydrogens is 287 g/mol. The molecular formula is C13H10Cl2N2O2. The minimum Gasteiger partial charge on any atom is -0.484 e. The minimum atomic E-state index is -0.315. The third-order valence-electron chi connectivity index (χ3n) is 2.23. The number of hydrogen-bond donors (Lipinski definition) is 1. The molecule has 0 spiro atoms. The van der Waals surface area contributed by atoms with E-state index in [0.29, 0.717) is 21.5 Å². The molecule has 2 aromatic rings. The lowest BCUT2D eigenvalue weighted by molar-refractivity contribution is -0.118. The second-order valence-corrected chi connectivity index (χ2v) is 4.49. The van der Waals surface area contributed by atoms with Crippen molar-refractivity contribution in [2.24, 2.45) is 0 Å². The Kier molecular flexibility index (Phi) is 4.60. The standard InChI is InChI=1S/C13H10Cl2N2O2/c14-9-1-3-10(4-2-9)19-8-13(18)17-12-7-16-6-5-11(12)15/h1-7H,8H2,(H,17,18). The molecule has 2 rings (SSSR count). The summed E-state index contributed by atoms with van der Waals surface area (Å²) in [5.41, 5.74) is 0.453. The summed E-state index contributed by atoms with van der Waals surface area (Å²) in [4.78, 5) is 15.5. The number of carbonyl (C=O) groups is 1. The van der Waals surface area contributed by atoms with Crippen molar-refractivity contribution in [1.82, 2.24) is 4.98 Å². The zero-order valence-electron chi connectivity index (χ0n) is 9.77. The molecule has 1 aromatic heterocycles. The summed E-state index contributed by atoms with van der Waals surface area (Å²) < 4.78 is 5.30. The van der Waals surface area contributed by atoms with Crippen molar-refractivity contribution in [3.63, 3.8) is 0 Å². The fraction of sp³-hybridized carbons (Fsp3) is 0.0769. The van der Waals surface area contributed by atoms with E-state index in [-0.39, 0.29) is 12.5 Å². The van der Waals surface area contributed by atoms with Crippen LogP contribution in [0.2, 0.25) is 10.0 Å². The molecule has 6 heteroatoms. The highest BCUT2D eigenvalue weighted by atomic mass is 35.5. The van der Waals surface area contributed by atoms with Gasteiger partial charge in [0, 0.05) is 11.2 Å². The maximum absolute atomic E-state index is 11.7. The normalized spacial score (nSPS) is 10.0. The third-order valence-corrected chi connectivity index (χ3v) is 2.81. The Balaban J connectivity index is 1.88. The van der Waals surface area contributed by atoms with E-state index in [1.165, 1.54) is 6.20 Å². The number of ether oxygens (including phenoxy) is 1. The summed E-state index contributed by atoms with van der Waals surface area (Å²) in [6.07, 6.45) is 3.02. The van der Waals surface area contributed by atoms with Crippen LogP contribution in [0.4, 0.5) is 5.69 Å². The summed E-state index contributed by atoms with van der Waals surface area (Å²) in [5.74, 6) is 0.252. The zero-order chi connectivity index (χ0) is 13.7. The SMILES string of the molecule is O=C(COc1ccc(Cl)cc1)Nc1cnccc1Cl. The quantitative estimate of drug-likeness (QED) is 0.941. The summed E-state index contributed by atoms with van der Waals surface area (Å²) in [6.45, 7) is -0.118. The van der Waals surface area contributed by atoms with Gasteiger partial charge in [-0.3, -0.25) is 9.78 Å². The molecule has 0 saturated carbocycles. The first-order valence-corrected chi connectivity index (χ1v) is 6.18. The van der Waals surface area contributed by atoms with Crippen LogP contribution in [0.3, 0.4) is 0 Å². The Morgan fingerprint density at radius 1 is 1.21 bits per heavy atom. The summed E-state index contributed by atoms with van der Waals surface area (Å²) in [5, 5.41) is 3.64. The van der Waals surface area contributed by atoms with Gasteiger partial charge < -0.3 is 10.1 Å². The Morgan fingerprint density at radius 3 is 2.63 bits per heavy atom. The van der Waals surface area contributed by atoms with Crippen molar-refractivity contribution in [2.75, 3.05) is 11.9 Å². The van der Waals surface area contributed by atoms with Crippen LogP contribution in [0.15, 0.2) is 42.7 Å². The number of nitrogens with zero attached hydrogens (tertiary/aromatic N) is 1. The molecule has 0 aliphatic carbocycles. The predicted molar refractivity (Wildman–Crippen MR) is 74.8 cm³/mol. The number of rotatable bonds is 4. The highest BCUT2D eigenvalue weighted by molar-refractivity contribution is 6.33. The highest BCUT2D eigenvalue weighted by Crippen LogP contribution is 2.19. The number of carbonyl (C=O) groups excluding carboxylic acids is 1. The van der Waals surface area contributed by atoms with Gasteiger partial charge in [0.25, 0.3) is 5.91 Å². The number of pyridine rings is 1. The van der Waals surface area contributed by atoms with E-state index < -0.39 is 0 Å². The van der Waals surface area contributed by atoms with E-state index in [0.717, 1.165) is 0 Å². The first-order valence-electron chi connectivity index (χ1n) is 5.43. The largest absolute Gasteiger partial charge is 0.484 e. The zero-order valence-corrected chi connectivity index (χ0v) is 11.3. The van der Waals surface area contributed by atoms with Crippen LogP contribution in [-0.4, -0.2) is 17.5 Å². The first kappa shape index (κ1) is 13.6. The van der Waals surface area contributed by atoms with Gasteiger partial charge in [-0.25, -0.2) is 0 Å². The van der Waals surface area contributed by atoms with Gasteiger partial charge in [0.05, 0.1) is 16.9 Å². The number of benzene rings is 1. The van der Waals surface area contributed by atoms with Crippen LogP contribution < -0.4 is 10.1 Å². The van der Waals surface area contributed by atoms with Crippen LogP contribution in [0.5, 0.6) is 5.75 Å². The Hall–Kier alpha value is -1.78. The lowest BCUT2D eigenvalue weighted by Crippen LogP contribution is -2.20. The lowest BCUT2D eigenvalue weighted by atomic mass is 10.3. The van der Waals surface area contributed by atoms with E-state index in [1.54, 1.807) is 36.5 Å². The fourth-order valence-corrected chi connectivity index (χ4v) is 1.61. The van der Waals surface area contributed by atoms with Crippen molar-refractivity contribution in [3.8, 4) is 5.75 Å². The van der Waals surface area contributed by atoms with Crippen LogP contribution in [0, 0.1) is 0 Å². The molecule has 1 aromatic carbocycles. The van der Waals surface area contributed by atoms with Crippen molar-refractivity contribution < 1.29 is 9.53 Å². The minimum absolute atomic E-state index is 0.118. The molecule has 0 saturated heterocycles. The number of nitrogens with one attached hydrogen (secondary N) is 1. The van der Waals surface area contributed by atoms with Crippen molar-refractivity contribution in [3.05, 3.63) is 52.8 Å². The monoisotopic (exact) mass is 296 g/mol. The third kappa shape index (κ3) is 4.12. The average Bonchev–Trinajstić information content (AvgIpc) is 2.41. The van der Waals surface area contributed by atoms with Gasteiger partial charge in [-0.2, -0.15) is 0 Å². The highest BCUT2D eigenvalue weighted by Gasteiger charge is 2.06. The molecule has 0 bridgehead atoms. The molecule has 1 amide bonds. The first-order chi connectivity index (χ1) is 9.15. The van der Waals surface area contributed by atoms with Gasteiger partial charge in [0.15, 0.2) is 6.61 Å². The second-order valence-electron chi connectivity index (χ2n) is 3.65. The number of aromatic nitrogens is 1. The Morgan fingerprint density at radius 2 is 1.95 bits per heavy atom. The molecule has 0 aliphatic heterocycles. The molecule has 0 fully saturated rings. The molecule has 1 heterocycles. The lowest BCUT2D eigenvalue weighted by Gasteiger charge is -2.08. The maximum atomic E-state index is 11.7. The van der Waals surface area contributed by atoms with Gasteiger partial charge in [-0.1, -0.05) is 23.2 Å². The number of halogens is 2. The van der Waals surface area contributed by atoms with Gasteiger partial charge in [0.1, 0.15) is 5.75 Å². The Labute approximate surface area is 120 Å². The van der Waals surface area contributed by atoms with E-state index in [1.807, 2.05) is 0 Å². The molecule has 1 N–H and O–H groups in total. The van der Waals surface area contributed by atoms with Crippen LogP contribution >= 0.6 is 23.2 Å². The smallest absolute Gasteiger partial charge is 0.262 e. The van der Waals surface area contributed by atoms with E-state index in [9.17, 15) is 4.79 Å². The molecule has 19 heavy (non-hydrogen) atoms.